The van der Waals surface area contributed by atoms with Gasteiger partial charge in [0, 0.05) is 10.6 Å². The topological polar surface area (TPSA) is 29.5 Å². The van der Waals surface area contributed by atoms with Crippen molar-refractivity contribution in [1.82, 2.24) is 0 Å². The van der Waals surface area contributed by atoms with Crippen molar-refractivity contribution in [2.75, 3.05) is 7.11 Å². The van der Waals surface area contributed by atoms with E-state index in [2.05, 4.69) is 0 Å². The molecule has 0 spiro atoms. The second-order valence-electron chi connectivity index (χ2n) is 3.40. The quantitative estimate of drug-likeness (QED) is 0.795. The first-order valence-corrected chi connectivity index (χ1v) is 4.39. The molecule has 1 rings (SSSR count). The number of aliphatic hydroxyl groups is 1. The van der Waals surface area contributed by atoms with Gasteiger partial charge in [0.15, 0.2) is 0 Å². The summed E-state index contributed by atoms with van der Waals surface area (Å²) in [7, 11) is 1.58. The summed E-state index contributed by atoms with van der Waals surface area (Å²) in [5.41, 5.74) is -0.264. The van der Waals surface area contributed by atoms with Gasteiger partial charge >= 0.3 is 0 Å². The van der Waals surface area contributed by atoms with E-state index in [1.54, 1.807) is 39.2 Å². The number of hydrogen-bond acceptors (Lipinski definition) is 2. The zero-order valence-corrected chi connectivity index (χ0v) is 8.72. The van der Waals surface area contributed by atoms with E-state index in [1.165, 1.54) is 0 Å². The van der Waals surface area contributed by atoms with Gasteiger partial charge in [0.05, 0.1) is 12.7 Å². The van der Waals surface area contributed by atoms with Crippen LogP contribution in [0.3, 0.4) is 0 Å². The van der Waals surface area contributed by atoms with Gasteiger partial charge < -0.3 is 9.84 Å². The Morgan fingerprint density at radius 2 is 2.00 bits per heavy atom. The number of methoxy groups -OCH3 is 1. The third-order valence-electron chi connectivity index (χ3n) is 1.83. The van der Waals surface area contributed by atoms with Crippen molar-refractivity contribution in [2.24, 2.45) is 0 Å². The van der Waals surface area contributed by atoms with Gasteiger partial charge in [-0.2, -0.15) is 0 Å². The van der Waals surface area contributed by atoms with Crippen LogP contribution in [-0.4, -0.2) is 12.2 Å². The van der Waals surface area contributed by atoms with Crippen molar-refractivity contribution >= 4 is 11.6 Å². The maximum atomic E-state index is 9.75. The summed E-state index contributed by atoms with van der Waals surface area (Å²) >= 11 is 5.92. The first-order valence-electron chi connectivity index (χ1n) is 4.01. The first-order chi connectivity index (χ1) is 5.95. The molecule has 1 N–H and O–H groups in total. The molecule has 0 unspecified atom stereocenters. The molecule has 1 aromatic carbocycles. The molecule has 0 heterocycles. The predicted octanol–water partition coefficient (Wildman–Crippen LogP) is 2.58. The Morgan fingerprint density at radius 3 is 2.46 bits per heavy atom. The molecular formula is C10H13ClO2. The van der Waals surface area contributed by atoms with Crippen LogP contribution < -0.4 is 4.74 Å². The third kappa shape index (κ3) is 2.36. The maximum absolute atomic E-state index is 9.75. The van der Waals surface area contributed by atoms with Gasteiger partial charge in [0.25, 0.3) is 0 Å². The summed E-state index contributed by atoms with van der Waals surface area (Å²) in [5.74, 6) is 0.696. The molecule has 0 aromatic heterocycles. The molecule has 0 saturated carbocycles. The lowest BCUT2D eigenvalue weighted by Crippen LogP contribution is -2.16. The fourth-order valence-electron chi connectivity index (χ4n) is 1.10. The Labute approximate surface area is 83.1 Å². The van der Waals surface area contributed by atoms with E-state index in [1.807, 2.05) is 0 Å². The average molecular weight is 201 g/mol. The van der Waals surface area contributed by atoms with Crippen LogP contribution >= 0.6 is 11.6 Å². The number of benzene rings is 1. The highest BCUT2D eigenvalue weighted by atomic mass is 35.5. The molecule has 2 nitrogen and oxygen atoms in total. The van der Waals surface area contributed by atoms with Crippen molar-refractivity contribution in [2.45, 2.75) is 19.4 Å². The minimum Gasteiger partial charge on any atom is -0.497 e. The molecule has 72 valence electrons. The van der Waals surface area contributed by atoms with Crippen LogP contribution in [0.1, 0.15) is 19.4 Å². The molecule has 0 atom stereocenters. The minimum absolute atomic E-state index is 0.549. The van der Waals surface area contributed by atoms with Gasteiger partial charge in [-0.3, -0.25) is 0 Å². The Hall–Kier alpha value is -0.730. The number of rotatable bonds is 2. The molecule has 3 heteroatoms. The lowest BCUT2D eigenvalue weighted by atomic mass is 9.98. The highest BCUT2D eigenvalue weighted by Crippen LogP contribution is 2.30. The number of hydrogen-bond donors (Lipinski definition) is 1. The zero-order valence-electron chi connectivity index (χ0n) is 7.97. The van der Waals surface area contributed by atoms with Crippen LogP contribution in [0.5, 0.6) is 5.75 Å². The van der Waals surface area contributed by atoms with E-state index >= 15 is 0 Å². The van der Waals surface area contributed by atoms with Gasteiger partial charge in [-0.1, -0.05) is 11.6 Å². The zero-order chi connectivity index (χ0) is 10.1. The molecule has 13 heavy (non-hydrogen) atoms. The van der Waals surface area contributed by atoms with E-state index in [-0.39, 0.29) is 0 Å². The molecule has 0 aliphatic rings. The summed E-state index contributed by atoms with van der Waals surface area (Å²) in [6.07, 6.45) is 0. The summed E-state index contributed by atoms with van der Waals surface area (Å²) in [5, 5.41) is 10.3. The number of halogens is 1. The number of ether oxygens (including phenoxy) is 1. The lowest BCUT2D eigenvalue weighted by Gasteiger charge is -2.19. The Kier molecular flexibility index (Phi) is 2.84. The Balaban J connectivity index is 3.19. The second-order valence-corrected chi connectivity index (χ2v) is 3.81. The van der Waals surface area contributed by atoms with Crippen LogP contribution in [0.25, 0.3) is 0 Å². The van der Waals surface area contributed by atoms with Gasteiger partial charge in [0.1, 0.15) is 5.75 Å². The van der Waals surface area contributed by atoms with E-state index in [9.17, 15) is 5.11 Å². The van der Waals surface area contributed by atoms with Crippen LogP contribution in [0.15, 0.2) is 18.2 Å². The van der Waals surface area contributed by atoms with Crippen LogP contribution in [0, 0.1) is 0 Å². The molecule has 0 bridgehead atoms. The second kappa shape index (κ2) is 3.56. The van der Waals surface area contributed by atoms with Gasteiger partial charge in [0.2, 0.25) is 0 Å². The standard InChI is InChI=1S/C10H13ClO2/c1-10(2,12)8-6-7(13-3)4-5-9(8)11/h4-6,12H,1-3H3. The summed E-state index contributed by atoms with van der Waals surface area (Å²) in [6, 6.07) is 5.22. The van der Waals surface area contributed by atoms with Crippen LogP contribution in [0.4, 0.5) is 0 Å². The van der Waals surface area contributed by atoms with Crippen molar-refractivity contribution in [3.05, 3.63) is 28.8 Å². The third-order valence-corrected chi connectivity index (χ3v) is 2.16. The first kappa shape index (κ1) is 10.4. The fourth-order valence-corrected chi connectivity index (χ4v) is 1.45. The summed E-state index contributed by atoms with van der Waals surface area (Å²) in [6.45, 7) is 3.38. The van der Waals surface area contributed by atoms with E-state index in [0.29, 0.717) is 16.3 Å². The predicted molar refractivity (Wildman–Crippen MR) is 53.2 cm³/mol. The summed E-state index contributed by atoms with van der Waals surface area (Å²) < 4.78 is 5.04. The van der Waals surface area contributed by atoms with Crippen molar-refractivity contribution < 1.29 is 9.84 Å². The molecular weight excluding hydrogens is 188 g/mol. The highest BCUT2D eigenvalue weighted by Gasteiger charge is 2.19. The monoisotopic (exact) mass is 200 g/mol. The summed E-state index contributed by atoms with van der Waals surface area (Å²) in [4.78, 5) is 0. The average Bonchev–Trinajstić information content (AvgIpc) is 2.03. The largest absolute Gasteiger partial charge is 0.497 e. The smallest absolute Gasteiger partial charge is 0.119 e. The SMILES string of the molecule is COc1ccc(Cl)c(C(C)(C)O)c1. The molecule has 0 fully saturated rings. The van der Waals surface area contributed by atoms with Crippen LogP contribution in [0.2, 0.25) is 5.02 Å². The Morgan fingerprint density at radius 1 is 1.38 bits per heavy atom. The molecule has 0 aliphatic heterocycles. The fraction of sp³-hybridized carbons (Fsp3) is 0.400. The van der Waals surface area contributed by atoms with E-state index < -0.39 is 5.60 Å². The highest BCUT2D eigenvalue weighted by molar-refractivity contribution is 6.31. The van der Waals surface area contributed by atoms with Crippen LogP contribution in [-0.2, 0) is 5.60 Å². The normalized spacial score (nSPS) is 11.5. The van der Waals surface area contributed by atoms with Gasteiger partial charge in [-0.05, 0) is 32.0 Å². The molecule has 0 amide bonds. The minimum atomic E-state index is -0.939. The van der Waals surface area contributed by atoms with Gasteiger partial charge in [-0.25, -0.2) is 0 Å². The van der Waals surface area contributed by atoms with E-state index in [0.717, 1.165) is 0 Å². The molecule has 0 radical (unpaired) electrons. The van der Waals surface area contributed by atoms with E-state index in [4.69, 9.17) is 16.3 Å². The van der Waals surface area contributed by atoms with Crippen molar-refractivity contribution in [3.63, 3.8) is 0 Å². The molecule has 0 aliphatic carbocycles. The lowest BCUT2D eigenvalue weighted by molar-refractivity contribution is 0.0784. The van der Waals surface area contributed by atoms with Crippen molar-refractivity contribution in [1.29, 1.82) is 0 Å². The van der Waals surface area contributed by atoms with Gasteiger partial charge in [-0.15, -0.1) is 0 Å². The molecule has 1 aromatic rings. The Bertz CT molecular complexity index is 302. The molecule has 0 saturated heterocycles. The van der Waals surface area contributed by atoms with Crippen molar-refractivity contribution in [3.8, 4) is 5.75 Å². The maximum Gasteiger partial charge on any atom is 0.119 e.